The van der Waals surface area contributed by atoms with Gasteiger partial charge in [0.1, 0.15) is 0 Å². The Bertz CT molecular complexity index is 826. The van der Waals surface area contributed by atoms with Gasteiger partial charge in [-0.05, 0) is 36.5 Å². The van der Waals surface area contributed by atoms with Gasteiger partial charge in [0.2, 0.25) is 11.7 Å². The molecule has 3 rings (SSSR count). The highest BCUT2D eigenvalue weighted by atomic mass is 19.4. The summed E-state index contributed by atoms with van der Waals surface area (Å²) < 4.78 is 42.0. The predicted molar refractivity (Wildman–Crippen MR) is 79.5 cm³/mol. The van der Waals surface area contributed by atoms with E-state index >= 15 is 0 Å². The first-order valence-electron chi connectivity index (χ1n) is 7.69. The molecule has 1 fully saturated rings. The standard InChI is InChI=1S/C16H14F3N3O3/c1-2-12(23)20-14(24)10-6-5-9(7-11(10)8-3-4-8)13-21-15(25-22-13)16(17,18)19/h5-8H,2-4H2,1H3,(H,20,23,24). The fourth-order valence-corrected chi connectivity index (χ4v) is 2.38. The van der Waals surface area contributed by atoms with E-state index < -0.39 is 23.9 Å². The van der Waals surface area contributed by atoms with Gasteiger partial charge in [0.15, 0.2) is 0 Å². The van der Waals surface area contributed by atoms with E-state index in [0.717, 1.165) is 12.8 Å². The summed E-state index contributed by atoms with van der Waals surface area (Å²) in [4.78, 5) is 27.0. The lowest BCUT2D eigenvalue weighted by Crippen LogP contribution is -2.30. The summed E-state index contributed by atoms with van der Waals surface area (Å²) in [6.45, 7) is 1.63. The molecule has 25 heavy (non-hydrogen) atoms. The lowest BCUT2D eigenvalue weighted by atomic mass is 9.99. The van der Waals surface area contributed by atoms with Crippen molar-refractivity contribution in [1.29, 1.82) is 0 Å². The Hall–Kier alpha value is -2.71. The number of nitrogens with zero attached hydrogens (tertiary/aromatic N) is 2. The van der Waals surface area contributed by atoms with Gasteiger partial charge in [0.05, 0.1) is 0 Å². The number of aromatic nitrogens is 2. The van der Waals surface area contributed by atoms with Crippen LogP contribution in [0.3, 0.4) is 0 Å². The summed E-state index contributed by atoms with van der Waals surface area (Å²) in [7, 11) is 0. The molecule has 1 aromatic carbocycles. The van der Waals surface area contributed by atoms with E-state index in [2.05, 4.69) is 20.0 Å². The zero-order chi connectivity index (χ0) is 18.2. The summed E-state index contributed by atoms with van der Waals surface area (Å²) in [5.74, 6) is -2.42. The molecule has 0 radical (unpaired) electrons. The van der Waals surface area contributed by atoms with E-state index in [0.29, 0.717) is 16.7 Å². The van der Waals surface area contributed by atoms with Crippen molar-refractivity contribution in [3.63, 3.8) is 0 Å². The average molecular weight is 353 g/mol. The number of rotatable bonds is 4. The number of hydrogen-bond acceptors (Lipinski definition) is 5. The highest BCUT2D eigenvalue weighted by Gasteiger charge is 2.38. The van der Waals surface area contributed by atoms with Crippen LogP contribution in [0.25, 0.3) is 11.4 Å². The third-order valence-electron chi connectivity index (χ3n) is 3.81. The van der Waals surface area contributed by atoms with Crippen LogP contribution in [0.5, 0.6) is 0 Å². The first-order chi connectivity index (χ1) is 11.8. The second-order valence-electron chi connectivity index (χ2n) is 5.73. The molecule has 1 heterocycles. The Labute approximate surface area is 140 Å². The van der Waals surface area contributed by atoms with E-state index in [1.54, 1.807) is 13.0 Å². The third kappa shape index (κ3) is 3.70. The number of nitrogens with one attached hydrogen (secondary N) is 1. The van der Waals surface area contributed by atoms with Crippen LogP contribution in [0.15, 0.2) is 22.7 Å². The Morgan fingerprint density at radius 2 is 2.04 bits per heavy atom. The van der Waals surface area contributed by atoms with Gasteiger partial charge >= 0.3 is 12.1 Å². The molecule has 0 aliphatic heterocycles. The summed E-state index contributed by atoms with van der Waals surface area (Å²) >= 11 is 0. The molecule has 9 heteroatoms. The van der Waals surface area contributed by atoms with Gasteiger partial charge in [0, 0.05) is 17.5 Å². The molecule has 2 aromatic rings. The summed E-state index contributed by atoms with van der Waals surface area (Å²) in [6.07, 6.45) is -2.81. The predicted octanol–water partition coefficient (Wildman–Crippen LogP) is 3.30. The second-order valence-corrected chi connectivity index (χ2v) is 5.73. The van der Waals surface area contributed by atoms with Crippen LogP contribution in [0, 0.1) is 0 Å². The van der Waals surface area contributed by atoms with Gasteiger partial charge in [-0.15, -0.1) is 0 Å². The molecule has 0 unspecified atom stereocenters. The van der Waals surface area contributed by atoms with Gasteiger partial charge in [-0.3, -0.25) is 14.9 Å². The molecule has 0 bridgehead atoms. The highest BCUT2D eigenvalue weighted by Crippen LogP contribution is 2.43. The average Bonchev–Trinajstić information content (AvgIpc) is 3.28. The maximum atomic E-state index is 12.6. The molecular weight excluding hydrogens is 339 g/mol. The molecular formula is C16H14F3N3O3. The molecule has 1 N–H and O–H groups in total. The summed E-state index contributed by atoms with van der Waals surface area (Å²) in [6, 6.07) is 4.47. The Morgan fingerprint density at radius 1 is 1.32 bits per heavy atom. The van der Waals surface area contributed by atoms with Crippen LogP contribution < -0.4 is 5.32 Å². The summed E-state index contributed by atoms with van der Waals surface area (Å²) in [5, 5.41) is 5.62. The highest BCUT2D eigenvalue weighted by molar-refractivity contribution is 6.05. The molecule has 1 aliphatic rings. The van der Waals surface area contributed by atoms with E-state index in [4.69, 9.17) is 0 Å². The van der Waals surface area contributed by atoms with Gasteiger partial charge in [-0.2, -0.15) is 18.2 Å². The Morgan fingerprint density at radius 3 is 2.60 bits per heavy atom. The first-order valence-corrected chi connectivity index (χ1v) is 7.69. The molecule has 0 atom stereocenters. The quantitative estimate of drug-likeness (QED) is 0.912. The van der Waals surface area contributed by atoms with E-state index in [1.807, 2.05) is 0 Å². The monoisotopic (exact) mass is 353 g/mol. The van der Waals surface area contributed by atoms with Crippen molar-refractivity contribution in [2.24, 2.45) is 0 Å². The number of halogens is 3. The normalized spacial score (nSPS) is 14.4. The van der Waals surface area contributed by atoms with Gasteiger partial charge in [0.25, 0.3) is 5.91 Å². The smallest absolute Gasteiger partial charge is 0.329 e. The molecule has 1 aliphatic carbocycles. The Kier molecular flexibility index (Phi) is 4.32. The minimum absolute atomic E-state index is 0.131. The number of hydrogen-bond donors (Lipinski definition) is 1. The number of carbonyl (C=O) groups is 2. The van der Waals surface area contributed by atoms with Crippen molar-refractivity contribution in [2.45, 2.75) is 38.3 Å². The zero-order valence-corrected chi connectivity index (χ0v) is 13.2. The van der Waals surface area contributed by atoms with Crippen LogP contribution in [0.1, 0.15) is 53.9 Å². The molecule has 0 saturated heterocycles. The number of carbonyl (C=O) groups excluding carboxylic acids is 2. The van der Waals surface area contributed by atoms with Crippen LogP contribution in [-0.4, -0.2) is 22.0 Å². The first kappa shape index (κ1) is 17.1. The van der Waals surface area contributed by atoms with Crippen LogP contribution in [0.4, 0.5) is 13.2 Å². The number of alkyl halides is 3. The number of imide groups is 1. The molecule has 0 spiro atoms. The molecule has 132 valence electrons. The second kappa shape index (κ2) is 6.30. The fraction of sp³-hybridized carbons (Fsp3) is 0.375. The van der Waals surface area contributed by atoms with E-state index in [9.17, 15) is 22.8 Å². The maximum absolute atomic E-state index is 12.6. The lowest BCUT2D eigenvalue weighted by Gasteiger charge is -2.10. The topological polar surface area (TPSA) is 85.1 Å². The zero-order valence-electron chi connectivity index (χ0n) is 13.2. The van der Waals surface area contributed by atoms with Crippen LogP contribution in [0.2, 0.25) is 0 Å². The fourth-order valence-electron chi connectivity index (χ4n) is 2.38. The third-order valence-corrected chi connectivity index (χ3v) is 3.81. The van der Waals surface area contributed by atoms with Gasteiger partial charge in [-0.25, -0.2) is 0 Å². The molecule has 2 amide bonds. The van der Waals surface area contributed by atoms with Gasteiger partial charge in [-0.1, -0.05) is 18.1 Å². The van der Waals surface area contributed by atoms with Crippen molar-refractivity contribution in [1.82, 2.24) is 15.5 Å². The molecule has 1 aromatic heterocycles. The maximum Gasteiger partial charge on any atom is 0.471 e. The van der Waals surface area contributed by atoms with E-state index in [1.165, 1.54) is 12.1 Å². The van der Waals surface area contributed by atoms with E-state index in [-0.39, 0.29) is 18.2 Å². The van der Waals surface area contributed by atoms with Crippen molar-refractivity contribution >= 4 is 11.8 Å². The van der Waals surface area contributed by atoms with Crippen LogP contribution >= 0.6 is 0 Å². The van der Waals surface area contributed by atoms with Crippen molar-refractivity contribution in [3.05, 3.63) is 35.2 Å². The largest absolute Gasteiger partial charge is 0.471 e. The van der Waals surface area contributed by atoms with Crippen LogP contribution in [-0.2, 0) is 11.0 Å². The van der Waals surface area contributed by atoms with Gasteiger partial charge < -0.3 is 4.52 Å². The van der Waals surface area contributed by atoms with Crippen molar-refractivity contribution < 1.29 is 27.3 Å². The molecule has 1 saturated carbocycles. The number of benzene rings is 1. The SMILES string of the molecule is CCC(=O)NC(=O)c1ccc(-c2noc(C(F)(F)F)n2)cc1C1CC1. The lowest BCUT2D eigenvalue weighted by molar-refractivity contribution is -0.159. The minimum Gasteiger partial charge on any atom is -0.329 e. The molecule has 6 nitrogen and oxygen atoms in total. The number of amides is 2. The Balaban J connectivity index is 1.93. The van der Waals surface area contributed by atoms with Crippen molar-refractivity contribution in [2.75, 3.05) is 0 Å². The minimum atomic E-state index is -4.72. The summed E-state index contributed by atoms with van der Waals surface area (Å²) in [5.41, 5.74) is 1.31. The van der Waals surface area contributed by atoms with Crippen molar-refractivity contribution in [3.8, 4) is 11.4 Å².